The lowest BCUT2D eigenvalue weighted by molar-refractivity contribution is -0.114. The van der Waals surface area contributed by atoms with Crippen molar-refractivity contribution < 1.29 is 14.3 Å². The van der Waals surface area contributed by atoms with Crippen molar-refractivity contribution >= 4 is 17.6 Å². The molecule has 2 rings (SSSR count). The lowest BCUT2D eigenvalue weighted by Gasteiger charge is -2.15. The third-order valence-corrected chi connectivity index (χ3v) is 3.17. The molecular weight excluding hydrogens is 254 g/mol. The van der Waals surface area contributed by atoms with Gasteiger partial charge in [-0.1, -0.05) is 0 Å². The molecule has 1 aromatic rings. The summed E-state index contributed by atoms with van der Waals surface area (Å²) < 4.78 is 5.45. The fourth-order valence-electron chi connectivity index (χ4n) is 1.99. The van der Waals surface area contributed by atoms with Gasteiger partial charge in [0.25, 0.3) is 0 Å². The summed E-state index contributed by atoms with van der Waals surface area (Å²) in [5, 5.41) is 2.64. The Morgan fingerprint density at radius 2 is 2.05 bits per heavy atom. The lowest BCUT2D eigenvalue weighted by atomic mass is 10.1. The van der Waals surface area contributed by atoms with Gasteiger partial charge in [0.15, 0.2) is 0 Å². The second kappa shape index (κ2) is 6.25. The third kappa shape index (κ3) is 3.86. The van der Waals surface area contributed by atoms with Crippen molar-refractivity contribution in [3.63, 3.8) is 0 Å². The molecule has 0 bridgehead atoms. The molecule has 0 unspecified atom stereocenters. The topological polar surface area (TPSA) is 55.4 Å². The van der Waals surface area contributed by atoms with Crippen LogP contribution in [0.2, 0.25) is 0 Å². The molecule has 0 radical (unpaired) electrons. The fourth-order valence-corrected chi connectivity index (χ4v) is 1.99. The fraction of sp³-hybridized carbons (Fsp3) is 0.375. The molecule has 0 spiro atoms. The molecule has 0 aliphatic heterocycles. The Morgan fingerprint density at radius 1 is 1.40 bits per heavy atom. The Labute approximate surface area is 118 Å². The van der Waals surface area contributed by atoms with Gasteiger partial charge in [-0.2, -0.15) is 0 Å². The number of hydrogen-bond acceptors (Lipinski definition) is 3. The van der Waals surface area contributed by atoms with E-state index in [1.165, 1.54) is 6.92 Å². The van der Waals surface area contributed by atoms with Crippen LogP contribution in [0.15, 0.2) is 24.3 Å². The Morgan fingerprint density at radius 3 is 2.55 bits per heavy atom. The van der Waals surface area contributed by atoms with Crippen molar-refractivity contribution in [1.29, 1.82) is 0 Å². The molecule has 1 fully saturated rings. The first-order chi connectivity index (χ1) is 9.60. The molecule has 4 nitrogen and oxygen atoms in total. The molecule has 4 heteroatoms. The Kier molecular flexibility index (Phi) is 4.41. The predicted octanol–water partition coefficient (Wildman–Crippen LogP) is 2.60. The number of esters is 1. The van der Waals surface area contributed by atoms with Crippen LogP contribution in [0.5, 0.6) is 0 Å². The molecule has 20 heavy (non-hydrogen) atoms. The van der Waals surface area contributed by atoms with E-state index in [2.05, 4.69) is 11.2 Å². The van der Waals surface area contributed by atoms with E-state index in [4.69, 9.17) is 11.2 Å². The number of carbonyl (C=O) groups excluding carboxylic acids is 2. The summed E-state index contributed by atoms with van der Waals surface area (Å²) in [4.78, 5) is 22.9. The van der Waals surface area contributed by atoms with Crippen LogP contribution in [-0.4, -0.2) is 18.0 Å². The molecule has 1 amide bonds. The largest absolute Gasteiger partial charge is 0.457 e. The average molecular weight is 271 g/mol. The highest BCUT2D eigenvalue weighted by molar-refractivity contribution is 5.92. The molecule has 1 aromatic carbocycles. The molecule has 0 saturated heterocycles. The molecule has 104 valence electrons. The number of amides is 1. The van der Waals surface area contributed by atoms with E-state index < -0.39 is 0 Å². The normalized spacial score (nSPS) is 15.0. The van der Waals surface area contributed by atoms with Gasteiger partial charge < -0.3 is 10.1 Å². The van der Waals surface area contributed by atoms with Gasteiger partial charge in [-0.15, -0.1) is 12.3 Å². The summed E-state index contributed by atoms with van der Waals surface area (Å²) in [7, 11) is 0. The van der Waals surface area contributed by atoms with Crippen molar-refractivity contribution in [1.82, 2.24) is 0 Å². The number of carbonyl (C=O) groups is 2. The molecule has 0 heterocycles. The van der Waals surface area contributed by atoms with Gasteiger partial charge in [-0.25, -0.2) is 4.79 Å². The number of terminal acetylenes is 1. The van der Waals surface area contributed by atoms with Crippen LogP contribution in [0.25, 0.3) is 0 Å². The summed E-state index contributed by atoms with van der Waals surface area (Å²) >= 11 is 0. The van der Waals surface area contributed by atoms with E-state index in [0.29, 0.717) is 23.6 Å². The van der Waals surface area contributed by atoms with Crippen molar-refractivity contribution in [2.75, 3.05) is 5.32 Å². The van der Waals surface area contributed by atoms with Crippen LogP contribution < -0.4 is 5.32 Å². The van der Waals surface area contributed by atoms with E-state index in [0.717, 1.165) is 12.8 Å². The van der Waals surface area contributed by atoms with Crippen molar-refractivity contribution in [2.24, 2.45) is 5.92 Å². The zero-order valence-corrected chi connectivity index (χ0v) is 11.4. The number of hydrogen-bond donors (Lipinski definition) is 1. The maximum Gasteiger partial charge on any atom is 0.338 e. The lowest BCUT2D eigenvalue weighted by Crippen LogP contribution is -2.20. The van der Waals surface area contributed by atoms with Gasteiger partial charge in [0, 0.05) is 19.0 Å². The quantitative estimate of drug-likeness (QED) is 0.661. The van der Waals surface area contributed by atoms with E-state index in [1.807, 2.05) is 0 Å². The Balaban J connectivity index is 1.98. The minimum Gasteiger partial charge on any atom is -0.457 e. The van der Waals surface area contributed by atoms with Gasteiger partial charge in [0.1, 0.15) is 6.10 Å². The van der Waals surface area contributed by atoms with E-state index in [1.54, 1.807) is 24.3 Å². The standard InChI is InChI=1S/C16H17NO3/c1-3-4-15(12-5-6-12)20-16(19)13-7-9-14(10-8-13)17-11(2)18/h1,7-10,12,15H,4-6H2,2H3,(H,17,18)/t15-/m0/s1. The second-order valence-electron chi connectivity index (χ2n) is 4.95. The predicted molar refractivity (Wildman–Crippen MR) is 76.1 cm³/mol. The molecular formula is C16H17NO3. The minimum absolute atomic E-state index is 0.150. The molecule has 0 aromatic heterocycles. The first kappa shape index (κ1) is 14.1. The summed E-state index contributed by atoms with van der Waals surface area (Å²) in [6, 6.07) is 6.61. The molecule has 1 atom stereocenters. The van der Waals surface area contributed by atoms with Crippen molar-refractivity contribution in [3.05, 3.63) is 29.8 Å². The summed E-state index contributed by atoms with van der Waals surface area (Å²) in [6.45, 7) is 1.43. The highest BCUT2D eigenvalue weighted by Gasteiger charge is 2.33. The number of ether oxygens (including phenoxy) is 1. The monoisotopic (exact) mass is 271 g/mol. The number of nitrogens with one attached hydrogen (secondary N) is 1. The molecule has 1 N–H and O–H groups in total. The highest BCUT2D eigenvalue weighted by atomic mass is 16.5. The van der Waals surface area contributed by atoms with E-state index in [9.17, 15) is 9.59 Å². The summed E-state index contributed by atoms with van der Waals surface area (Å²) in [6.07, 6.45) is 7.72. The van der Waals surface area contributed by atoms with E-state index >= 15 is 0 Å². The molecule has 1 aliphatic rings. The average Bonchev–Trinajstić information content (AvgIpc) is 3.22. The van der Waals surface area contributed by atoms with E-state index in [-0.39, 0.29) is 18.0 Å². The van der Waals surface area contributed by atoms with Crippen LogP contribution in [0.4, 0.5) is 5.69 Å². The number of rotatable bonds is 5. The van der Waals surface area contributed by atoms with Gasteiger partial charge in [-0.05, 0) is 43.0 Å². The first-order valence-corrected chi connectivity index (χ1v) is 6.62. The highest BCUT2D eigenvalue weighted by Crippen LogP contribution is 2.36. The van der Waals surface area contributed by atoms with Gasteiger partial charge in [-0.3, -0.25) is 4.79 Å². The summed E-state index contributed by atoms with van der Waals surface area (Å²) in [5.74, 6) is 2.44. The maximum absolute atomic E-state index is 12.0. The van der Waals surface area contributed by atoms with Gasteiger partial charge in [0.2, 0.25) is 5.91 Å². The SMILES string of the molecule is C#CC[C@H](OC(=O)c1ccc(NC(C)=O)cc1)C1CC1. The molecule has 1 saturated carbocycles. The zero-order chi connectivity index (χ0) is 14.5. The van der Waals surface area contributed by atoms with Gasteiger partial charge >= 0.3 is 5.97 Å². The van der Waals surface area contributed by atoms with Crippen LogP contribution in [-0.2, 0) is 9.53 Å². The van der Waals surface area contributed by atoms with Gasteiger partial charge in [0.05, 0.1) is 5.56 Å². The zero-order valence-electron chi connectivity index (χ0n) is 11.4. The summed E-state index contributed by atoms with van der Waals surface area (Å²) in [5.41, 5.74) is 1.11. The van der Waals surface area contributed by atoms with Crippen LogP contribution in [0.1, 0.15) is 36.5 Å². The van der Waals surface area contributed by atoms with Crippen molar-refractivity contribution in [3.8, 4) is 12.3 Å². The van der Waals surface area contributed by atoms with Crippen molar-refractivity contribution in [2.45, 2.75) is 32.3 Å². The smallest absolute Gasteiger partial charge is 0.338 e. The van der Waals surface area contributed by atoms with Crippen LogP contribution in [0.3, 0.4) is 0 Å². The maximum atomic E-state index is 12.0. The molecule has 1 aliphatic carbocycles. The number of anilines is 1. The Hall–Kier alpha value is -2.28. The minimum atomic E-state index is -0.369. The second-order valence-corrected chi connectivity index (χ2v) is 4.95. The first-order valence-electron chi connectivity index (χ1n) is 6.62. The van der Waals surface area contributed by atoms with Crippen LogP contribution >= 0.6 is 0 Å². The van der Waals surface area contributed by atoms with Crippen LogP contribution in [0, 0.1) is 18.3 Å². The number of benzene rings is 1. The third-order valence-electron chi connectivity index (χ3n) is 3.17. The Bertz CT molecular complexity index is 538.